The fourth-order valence-corrected chi connectivity index (χ4v) is 2.60. The second kappa shape index (κ2) is 5.72. The lowest BCUT2D eigenvalue weighted by Gasteiger charge is -2.41. The first kappa shape index (κ1) is 15.7. The van der Waals surface area contributed by atoms with Crippen LogP contribution in [0.2, 0.25) is 0 Å². The third-order valence-corrected chi connectivity index (χ3v) is 4.66. The van der Waals surface area contributed by atoms with E-state index in [1.54, 1.807) is 6.08 Å². The van der Waals surface area contributed by atoms with E-state index < -0.39 is 11.7 Å². The molecule has 106 valence electrons. The summed E-state index contributed by atoms with van der Waals surface area (Å²) in [6.45, 7) is 7.78. The summed E-state index contributed by atoms with van der Waals surface area (Å²) in [5, 5.41) is 30.5. The zero-order valence-corrected chi connectivity index (χ0v) is 12.1. The molecule has 0 saturated carbocycles. The number of aliphatic hydroxyl groups excluding tert-OH is 2. The first-order valence-corrected chi connectivity index (χ1v) is 6.94. The summed E-state index contributed by atoms with van der Waals surface area (Å²) in [5.74, 6) is 0. The molecule has 3 unspecified atom stereocenters. The Morgan fingerprint density at radius 2 is 1.72 bits per heavy atom. The monoisotopic (exact) mass is 256 g/mol. The van der Waals surface area contributed by atoms with Crippen LogP contribution in [0, 0.1) is 5.41 Å². The van der Waals surface area contributed by atoms with Crippen molar-refractivity contribution in [2.75, 3.05) is 0 Å². The third-order valence-electron chi connectivity index (χ3n) is 4.66. The molecule has 1 aliphatic rings. The Labute approximate surface area is 111 Å². The maximum absolute atomic E-state index is 10.7. The highest BCUT2D eigenvalue weighted by molar-refractivity contribution is 5.19. The summed E-state index contributed by atoms with van der Waals surface area (Å²) in [7, 11) is 0. The van der Waals surface area contributed by atoms with E-state index in [2.05, 4.69) is 0 Å². The molecular formula is C15H28O3. The first-order valence-electron chi connectivity index (χ1n) is 6.94. The molecule has 3 nitrogen and oxygen atoms in total. The van der Waals surface area contributed by atoms with Crippen LogP contribution in [0.3, 0.4) is 0 Å². The van der Waals surface area contributed by atoms with E-state index in [4.69, 9.17) is 0 Å². The summed E-state index contributed by atoms with van der Waals surface area (Å²) in [6, 6.07) is 0. The second-order valence-electron chi connectivity index (χ2n) is 6.50. The van der Waals surface area contributed by atoms with Crippen LogP contribution < -0.4 is 0 Å². The van der Waals surface area contributed by atoms with Crippen molar-refractivity contribution in [1.29, 1.82) is 0 Å². The fraction of sp³-hybridized carbons (Fsp3) is 0.867. The van der Waals surface area contributed by atoms with Crippen LogP contribution in [0.5, 0.6) is 0 Å². The molecule has 0 aromatic rings. The van der Waals surface area contributed by atoms with Crippen LogP contribution in [0.15, 0.2) is 11.6 Å². The van der Waals surface area contributed by atoms with Crippen LogP contribution >= 0.6 is 0 Å². The van der Waals surface area contributed by atoms with Crippen molar-refractivity contribution in [1.82, 2.24) is 0 Å². The number of hydrogen-bond acceptors (Lipinski definition) is 3. The van der Waals surface area contributed by atoms with E-state index in [1.807, 2.05) is 27.7 Å². The van der Waals surface area contributed by atoms with Gasteiger partial charge in [-0.2, -0.15) is 0 Å². The fourth-order valence-electron chi connectivity index (χ4n) is 2.60. The second-order valence-corrected chi connectivity index (χ2v) is 6.50. The van der Waals surface area contributed by atoms with Crippen molar-refractivity contribution in [2.45, 2.75) is 77.6 Å². The number of hydrogen-bond donors (Lipinski definition) is 3. The highest BCUT2D eigenvalue weighted by Gasteiger charge is 2.40. The van der Waals surface area contributed by atoms with E-state index in [0.29, 0.717) is 12.8 Å². The Hall–Kier alpha value is -0.380. The summed E-state index contributed by atoms with van der Waals surface area (Å²) >= 11 is 0. The Morgan fingerprint density at radius 1 is 1.11 bits per heavy atom. The molecule has 0 spiro atoms. The molecule has 0 heterocycles. The average molecular weight is 256 g/mol. The summed E-state index contributed by atoms with van der Waals surface area (Å²) in [6.07, 6.45) is 4.48. The molecule has 0 radical (unpaired) electrons. The van der Waals surface area contributed by atoms with Crippen LogP contribution in [-0.2, 0) is 0 Å². The Morgan fingerprint density at radius 3 is 2.33 bits per heavy atom. The van der Waals surface area contributed by atoms with Gasteiger partial charge >= 0.3 is 0 Å². The smallest absolute Gasteiger partial charge is 0.0877 e. The minimum Gasteiger partial charge on any atom is -0.393 e. The highest BCUT2D eigenvalue weighted by atomic mass is 16.3. The van der Waals surface area contributed by atoms with E-state index in [9.17, 15) is 15.3 Å². The summed E-state index contributed by atoms with van der Waals surface area (Å²) < 4.78 is 0. The zero-order chi connectivity index (χ0) is 14.0. The zero-order valence-electron chi connectivity index (χ0n) is 12.1. The quantitative estimate of drug-likeness (QED) is 0.583. The van der Waals surface area contributed by atoms with Crippen LogP contribution in [0.25, 0.3) is 0 Å². The predicted molar refractivity (Wildman–Crippen MR) is 73.3 cm³/mol. The lowest BCUT2D eigenvalue weighted by molar-refractivity contribution is -0.0264. The third kappa shape index (κ3) is 3.56. The van der Waals surface area contributed by atoms with Crippen molar-refractivity contribution in [2.24, 2.45) is 5.41 Å². The molecule has 0 bridgehead atoms. The molecule has 3 N–H and O–H groups in total. The van der Waals surface area contributed by atoms with Crippen LogP contribution in [-0.4, -0.2) is 33.1 Å². The standard InChI is InChI=1S/C15H28O3/c1-11-10-13(17)8-7-12(16)6-5-9-14(2,3)15(11,4)18/h10,12-13,16-18H,5-9H2,1-4H3/b11-10-. The van der Waals surface area contributed by atoms with Crippen LogP contribution in [0.1, 0.15) is 59.8 Å². The molecule has 18 heavy (non-hydrogen) atoms. The molecule has 1 aliphatic carbocycles. The van der Waals surface area contributed by atoms with Crippen molar-refractivity contribution < 1.29 is 15.3 Å². The number of rotatable bonds is 0. The molecule has 0 saturated heterocycles. The average Bonchev–Trinajstić information content (AvgIpc) is 2.25. The van der Waals surface area contributed by atoms with Crippen molar-refractivity contribution in [3.8, 4) is 0 Å². The first-order chi connectivity index (χ1) is 8.17. The maximum Gasteiger partial charge on any atom is 0.0877 e. The van der Waals surface area contributed by atoms with Gasteiger partial charge in [0.15, 0.2) is 0 Å². The van der Waals surface area contributed by atoms with Gasteiger partial charge in [-0.05, 0) is 50.5 Å². The van der Waals surface area contributed by atoms with Gasteiger partial charge in [0.1, 0.15) is 0 Å². The Balaban J connectivity index is 2.99. The topological polar surface area (TPSA) is 60.7 Å². The molecule has 0 aromatic carbocycles. The molecule has 3 heteroatoms. The van der Waals surface area contributed by atoms with Gasteiger partial charge in [-0.3, -0.25) is 0 Å². The van der Waals surface area contributed by atoms with Crippen molar-refractivity contribution in [3.05, 3.63) is 11.6 Å². The SMILES string of the molecule is C/C1=C/C(O)CCC(O)CCCC(C)(C)C1(C)O. The van der Waals surface area contributed by atoms with E-state index in [1.165, 1.54) is 0 Å². The van der Waals surface area contributed by atoms with E-state index in [0.717, 1.165) is 24.8 Å². The minimum atomic E-state index is -0.927. The van der Waals surface area contributed by atoms with Crippen molar-refractivity contribution in [3.63, 3.8) is 0 Å². The molecule has 0 aliphatic heterocycles. The normalized spacial score (nSPS) is 41.6. The van der Waals surface area contributed by atoms with Gasteiger partial charge in [0.05, 0.1) is 17.8 Å². The van der Waals surface area contributed by atoms with Gasteiger partial charge in [-0.1, -0.05) is 26.3 Å². The molecule has 0 fully saturated rings. The van der Waals surface area contributed by atoms with E-state index >= 15 is 0 Å². The summed E-state index contributed by atoms with van der Waals surface area (Å²) in [5.41, 5.74) is -0.378. The predicted octanol–water partition coefficient (Wildman–Crippen LogP) is 2.40. The van der Waals surface area contributed by atoms with E-state index in [-0.39, 0.29) is 11.5 Å². The lowest BCUT2D eigenvalue weighted by atomic mass is 9.69. The van der Waals surface area contributed by atoms with Crippen LogP contribution in [0.4, 0.5) is 0 Å². The molecule has 3 atom stereocenters. The molecule has 1 rings (SSSR count). The highest BCUT2D eigenvalue weighted by Crippen LogP contribution is 2.41. The van der Waals surface area contributed by atoms with Gasteiger partial charge in [0.25, 0.3) is 0 Å². The maximum atomic E-state index is 10.7. The van der Waals surface area contributed by atoms with Gasteiger partial charge in [-0.25, -0.2) is 0 Å². The number of aliphatic hydroxyl groups is 3. The molecule has 0 amide bonds. The Bertz CT molecular complexity index is 305. The minimum absolute atomic E-state index is 0.267. The lowest BCUT2D eigenvalue weighted by Crippen LogP contribution is -2.43. The van der Waals surface area contributed by atoms with Gasteiger partial charge in [0, 0.05) is 0 Å². The largest absolute Gasteiger partial charge is 0.393 e. The van der Waals surface area contributed by atoms with Crippen molar-refractivity contribution >= 4 is 0 Å². The van der Waals surface area contributed by atoms with Gasteiger partial charge < -0.3 is 15.3 Å². The summed E-state index contributed by atoms with van der Waals surface area (Å²) in [4.78, 5) is 0. The van der Waals surface area contributed by atoms with Gasteiger partial charge in [-0.15, -0.1) is 0 Å². The molecular weight excluding hydrogens is 228 g/mol. The molecule has 0 aromatic heterocycles. The van der Waals surface area contributed by atoms with Gasteiger partial charge in [0.2, 0.25) is 0 Å². The Kier molecular flexibility index (Phi) is 4.98.